The lowest BCUT2D eigenvalue weighted by molar-refractivity contribution is -0.124. The molecule has 0 heterocycles. The molecule has 0 radical (unpaired) electrons. The minimum Gasteiger partial charge on any atom is -0.327 e. The first-order valence-electron chi connectivity index (χ1n) is 5.68. The van der Waals surface area contributed by atoms with Crippen LogP contribution in [0, 0.1) is 0 Å². The molecule has 0 aromatic heterocycles. The van der Waals surface area contributed by atoms with Gasteiger partial charge in [0, 0.05) is 16.7 Å². The van der Waals surface area contributed by atoms with E-state index in [-0.39, 0.29) is 12.6 Å². The van der Waals surface area contributed by atoms with Crippen molar-refractivity contribution in [2.45, 2.75) is 23.5 Å². The van der Waals surface area contributed by atoms with E-state index in [0.717, 1.165) is 4.90 Å². The van der Waals surface area contributed by atoms with Crippen molar-refractivity contribution >= 4 is 11.8 Å². The van der Waals surface area contributed by atoms with Crippen molar-refractivity contribution in [2.24, 2.45) is 5.73 Å². The van der Waals surface area contributed by atoms with Crippen molar-refractivity contribution < 1.29 is 13.2 Å². The predicted molar refractivity (Wildman–Crippen MR) is 68.7 cm³/mol. The van der Waals surface area contributed by atoms with Crippen LogP contribution in [-0.4, -0.2) is 31.1 Å². The molecule has 0 saturated heterocycles. The molecule has 102 valence electrons. The van der Waals surface area contributed by atoms with Crippen molar-refractivity contribution in [3.8, 4) is 0 Å². The maximum atomic E-state index is 11.9. The standard InChI is InChI=1S/C12H17F3N2S/c13-12(14,15)9-17-7-6-10(16)8-18-11-4-2-1-3-5-11/h1-5,10,17H,6-9,16H2. The van der Waals surface area contributed by atoms with Crippen LogP contribution in [0.1, 0.15) is 6.42 Å². The molecular weight excluding hydrogens is 261 g/mol. The van der Waals surface area contributed by atoms with Crippen molar-refractivity contribution in [1.82, 2.24) is 5.32 Å². The van der Waals surface area contributed by atoms with Crippen LogP contribution in [-0.2, 0) is 0 Å². The van der Waals surface area contributed by atoms with E-state index in [1.54, 1.807) is 11.8 Å². The summed E-state index contributed by atoms with van der Waals surface area (Å²) >= 11 is 1.62. The Morgan fingerprint density at radius 3 is 2.50 bits per heavy atom. The van der Waals surface area contributed by atoms with Crippen LogP contribution in [0.25, 0.3) is 0 Å². The van der Waals surface area contributed by atoms with E-state index in [4.69, 9.17) is 5.73 Å². The van der Waals surface area contributed by atoms with Crippen LogP contribution in [0.2, 0.25) is 0 Å². The molecule has 1 atom stereocenters. The molecule has 1 unspecified atom stereocenters. The minimum atomic E-state index is -4.15. The molecule has 0 aliphatic carbocycles. The van der Waals surface area contributed by atoms with E-state index >= 15 is 0 Å². The van der Waals surface area contributed by atoms with Crippen molar-refractivity contribution in [3.05, 3.63) is 30.3 Å². The molecular formula is C12H17F3N2S. The summed E-state index contributed by atoms with van der Waals surface area (Å²) in [4.78, 5) is 1.12. The Morgan fingerprint density at radius 1 is 1.22 bits per heavy atom. The van der Waals surface area contributed by atoms with Gasteiger partial charge in [0.25, 0.3) is 0 Å². The molecule has 1 aromatic rings. The Balaban J connectivity index is 2.09. The normalized spacial score (nSPS) is 13.6. The molecule has 0 aliphatic heterocycles. The molecule has 0 saturated carbocycles. The Morgan fingerprint density at radius 2 is 1.89 bits per heavy atom. The first-order valence-corrected chi connectivity index (χ1v) is 6.67. The predicted octanol–water partition coefficient (Wildman–Crippen LogP) is 2.65. The second-order valence-electron chi connectivity index (χ2n) is 3.96. The van der Waals surface area contributed by atoms with E-state index in [1.807, 2.05) is 30.3 Å². The zero-order valence-corrected chi connectivity index (χ0v) is 10.7. The van der Waals surface area contributed by atoms with Gasteiger partial charge in [0.1, 0.15) is 0 Å². The second-order valence-corrected chi connectivity index (χ2v) is 5.06. The number of alkyl halides is 3. The summed E-state index contributed by atoms with van der Waals surface area (Å²) in [5.74, 6) is 0.706. The Bertz CT molecular complexity index is 330. The van der Waals surface area contributed by atoms with Gasteiger partial charge < -0.3 is 11.1 Å². The van der Waals surface area contributed by atoms with Crippen LogP contribution in [0.4, 0.5) is 13.2 Å². The van der Waals surface area contributed by atoms with Gasteiger partial charge in [-0.1, -0.05) is 18.2 Å². The molecule has 0 amide bonds. The summed E-state index contributed by atoms with van der Waals surface area (Å²) in [5, 5.41) is 2.34. The fourth-order valence-electron chi connectivity index (χ4n) is 1.32. The van der Waals surface area contributed by atoms with Crippen LogP contribution in [0.15, 0.2) is 35.2 Å². The number of halogens is 3. The molecule has 1 aromatic carbocycles. The lowest BCUT2D eigenvalue weighted by Crippen LogP contribution is -2.33. The Kier molecular flexibility index (Phi) is 6.52. The summed E-state index contributed by atoms with van der Waals surface area (Å²) in [6.07, 6.45) is -3.61. The summed E-state index contributed by atoms with van der Waals surface area (Å²) in [6, 6.07) is 9.69. The quantitative estimate of drug-likeness (QED) is 0.595. The fourth-order valence-corrected chi connectivity index (χ4v) is 2.24. The molecule has 6 heteroatoms. The van der Waals surface area contributed by atoms with Gasteiger partial charge in [-0.15, -0.1) is 11.8 Å². The largest absolute Gasteiger partial charge is 0.401 e. The molecule has 0 bridgehead atoms. The molecule has 0 spiro atoms. The highest BCUT2D eigenvalue weighted by Crippen LogP contribution is 2.18. The first kappa shape index (κ1) is 15.3. The first-order chi connectivity index (χ1) is 8.47. The van der Waals surface area contributed by atoms with Gasteiger partial charge in [0.15, 0.2) is 0 Å². The highest BCUT2D eigenvalue weighted by molar-refractivity contribution is 7.99. The number of benzene rings is 1. The summed E-state index contributed by atoms with van der Waals surface area (Å²) < 4.78 is 35.6. The van der Waals surface area contributed by atoms with Crippen molar-refractivity contribution in [3.63, 3.8) is 0 Å². The van der Waals surface area contributed by atoms with Crippen molar-refractivity contribution in [1.29, 1.82) is 0 Å². The zero-order chi connectivity index (χ0) is 13.4. The molecule has 0 fully saturated rings. The van der Waals surface area contributed by atoms with Gasteiger partial charge in [-0.3, -0.25) is 0 Å². The molecule has 1 rings (SSSR count). The number of rotatable bonds is 7. The Hall–Kier alpha value is -0.720. The minimum absolute atomic E-state index is 0.101. The SMILES string of the molecule is NC(CCNCC(F)(F)F)CSc1ccccc1. The smallest absolute Gasteiger partial charge is 0.327 e. The highest BCUT2D eigenvalue weighted by atomic mass is 32.2. The highest BCUT2D eigenvalue weighted by Gasteiger charge is 2.25. The summed E-state index contributed by atoms with van der Waals surface area (Å²) in [7, 11) is 0. The third-order valence-electron chi connectivity index (χ3n) is 2.22. The topological polar surface area (TPSA) is 38.0 Å². The molecule has 18 heavy (non-hydrogen) atoms. The van der Waals surface area contributed by atoms with Gasteiger partial charge in [0.2, 0.25) is 0 Å². The average Bonchev–Trinajstić information content (AvgIpc) is 2.32. The van der Waals surface area contributed by atoms with E-state index < -0.39 is 12.7 Å². The van der Waals surface area contributed by atoms with Gasteiger partial charge >= 0.3 is 6.18 Å². The maximum Gasteiger partial charge on any atom is 0.401 e. The average molecular weight is 278 g/mol. The number of nitrogens with two attached hydrogens (primary N) is 1. The van der Waals surface area contributed by atoms with Gasteiger partial charge in [-0.25, -0.2) is 0 Å². The monoisotopic (exact) mass is 278 g/mol. The number of hydrogen-bond acceptors (Lipinski definition) is 3. The lowest BCUT2D eigenvalue weighted by atomic mass is 10.2. The van der Waals surface area contributed by atoms with E-state index in [9.17, 15) is 13.2 Å². The molecule has 2 nitrogen and oxygen atoms in total. The molecule has 3 N–H and O–H groups in total. The zero-order valence-electron chi connectivity index (χ0n) is 9.91. The van der Waals surface area contributed by atoms with Crippen molar-refractivity contribution in [2.75, 3.05) is 18.8 Å². The molecule has 0 aliphatic rings. The van der Waals surface area contributed by atoms with Gasteiger partial charge in [-0.05, 0) is 25.1 Å². The second kappa shape index (κ2) is 7.66. The number of hydrogen-bond donors (Lipinski definition) is 2. The maximum absolute atomic E-state index is 11.9. The van der Waals surface area contributed by atoms with E-state index in [1.165, 1.54) is 0 Å². The van der Waals surface area contributed by atoms with Crippen LogP contribution < -0.4 is 11.1 Å². The fraction of sp³-hybridized carbons (Fsp3) is 0.500. The number of thioether (sulfide) groups is 1. The van der Waals surface area contributed by atoms with Crippen LogP contribution >= 0.6 is 11.8 Å². The third kappa shape index (κ3) is 7.58. The lowest BCUT2D eigenvalue weighted by Gasteiger charge is -2.12. The number of nitrogens with one attached hydrogen (secondary N) is 1. The summed E-state index contributed by atoms with van der Waals surface area (Å²) in [6.45, 7) is -0.665. The van der Waals surface area contributed by atoms with Gasteiger partial charge in [0.05, 0.1) is 6.54 Å². The van der Waals surface area contributed by atoms with E-state index in [2.05, 4.69) is 5.32 Å². The van der Waals surface area contributed by atoms with Crippen LogP contribution in [0.3, 0.4) is 0 Å². The third-order valence-corrected chi connectivity index (χ3v) is 3.42. The van der Waals surface area contributed by atoms with E-state index in [0.29, 0.717) is 12.2 Å². The van der Waals surface area contributed by atoms with Crippen LogP contribution in [0.5, 0.6) is 0 Å². The Labute approximate surface area is 109 Å². The summed E-state index contributed by atoms with van der Waals surface area (Å²) in [5.41, 5.74) is 5.83. The van der Waals surface area contributed by atoms with Gasteiger partial charge in [-0.2, -0.15) is 13.2 Å².